The molecule has 0 spiro atoms. The first-order chi connectivity index (χ1) is 18.3. The zero-order chi connectivity index (χ0) is 27.1. The fourth-order valence-corrected chi connectivity index (χ4v) is 6.52. The minimum atomic E-state index is -4.37. The van der Waals surface area contributed by atoms with E-state index in [1.165, 1.54) is 5.56 Å². The van der Waals surface area contributed by atoms with Gasteiger partial charge in [-0.05, 0) is 75.0 Å². The molecular formula is C27H30N4O6S. The Morgan fingerprint density at radius 3 is 2.11 bits per heavy atom. The predicted octanol–water partition coefficient (Wildman–Crippen LogP) is 5.04. The van der Waals surface area contributed by atoms with Crippen molar-refractivity contribution in [2.75, 3.05) is 30.5 Å². The molecule has 0 N–H and O–H groups in total. The number of non-ortho nitro benzene ring substituents is 1. The van der Waals surface area contributed by atoms with E-state index in [1.54, 1.807) is 30.3 Å². The van der Waals surface area contributed by atoms with Crippen LogP contribution in [0.5, 0.6) is 0 Å². The first-order valence-electron chi connectivity index (χ1n) is 12.5. The van der Waals surface area contributed by atoms with E-state index in [1.807, 2.05) is 6.07 Å². The zero-order valence-electron chi connectivity index (χ0n) is 20.9. The number of rotatable bonds is 11. The second-order valence-electron chi connectivity index (χ2n) is 9.41. The van der Waals surface area contributed by atoms with E-state index < -0.39 is 36.1 Å². The lowest BCUT2D eigenvalue weighted by molar-refractivity contribution is -0.396. The fourth-order valence-electron chi connectivity index (χ4n) is 4.88. The van der Waals surface area contributed by atoms with Gasteiger partial charge >= 0.3 is 0 Å². The SMILES string of the molecule is O=[N+]([O-])c1ccc(S(=O)(=O)N(CCCN2CCC(Cc3ccccc3)CC2)c2ccccc2)c([N+](=O)[O-])c1. The van der Waals surface area contributed by atoms with Gasteiger partial charge in [0.2, 0.25) is 0 Å². The maximum absolute atomic E-state index is 13.7. The molecule has 0 aliphatic carbocycles. The van der Waals surface area contributed by atoms with Crippen molar-refractivity contribution in [3.63, 3.8) is 0 Å². The number of nitrogens with zero attached hydrogens (tertiary/aromatic N) is 4. The van der Waals surface area contributed by atoms with E-state index in [-0.39, 0.29) is 6.54 Å². The molecule has 0 atom stereocenters. The van der Waals surface area contributed by atoms with Crippen molar-refractivity contribution < 1.29 is 18.3 Å². The Balaban J connectivity index is 1.45. The van der Waals surface area contributed by atoms with Crippen molar-refractivity contribution >= 4 is 27.1 Å². The molecule has 38 heavy (non-hydrogen) atoms. The summed E-state index contributed by atoms with van der Waals surface area (Å²) in [7, 11) is -4.37. The third kappa shape index (κ3) is 6.53. The Hall–Kier alpha value is -3.83. The molecule has 0 amide bonds. The van der Waals surface area contributed by atoms with Gasteiger partial charge in [0.25, 0.3) is 21.4 Å². The number of para-hydroxylation sites is 1. The van der Waals surface area contributed by atoms with Gasteiger partial charge in [-0.2, -0.15) is 0 Å². The molecule has 3 aromatic carbocycles. The maximum Gasteiger partial charge on any atom is 0.296 e. The second kappa shape index (κ2) is 12.1. The van der Waals surface area contributed by atoms with Crippen LogP contribution in [0.15, 0.2) is 83.8 Å². The highest BCUT2D eigenvalue weighted by Crippen LogP contribution is 2.33. The van der Waals surface area contributed by atoms with Crippen LogP contribution in [0.3, 0.4) is 0 Å². The van der Waals surface area contributed by atoms with Crippen LogP contribution in [0.25, 0.3) is 0 Å². The molecule has 0 bridgehead atoms. The normalized spacial score (nSPS) is 14.7. The molecule has 4 rings (SSSR count). The van der Waals surface area contributed by atoms with Crippen LogP contribution in [0, 0.1) is 26.1 Å². The van der Waals surface area contributed by atoms with E-state index in [2.05, 4.69) is 29.2 Å². The highest BCUT2D eigenvalue weighted by Gasteiger charge is 2.33. The van der Waals surface area contributed by atoms with Gasteiger partial charge in [0, 0.05) is 12.6 Å². The summed E-state index contributed by atoms with van der Waals surface area (Å²) in [4.78, 5) is 22.8. The highest BCUT2D eigenvalue weighted by molar-refractivity contribution is 7.93. The summed E-state index contributed by atoms with van der Waals surface area (Å²) in [5, 5.41) is 22.8. The van der Waals surface area contributed by atoms with Crippen molar-refractivity contribution in [1.29, 1.82) is 0 Å². The standard InChI is InChI=1S/C27H30N4O6S/c32-30(33)25-12-13-27(26(21-25)31(34)35)38(36,37)29(24-10-5-2-6-11-24)17-7-16-28-18-14-23(15-19-28)20-22-8-3-1-4-9-22/h1-6,8-13,21,23H,7,14-20H2. The Morgan fingerprint density at radius 1 is 0.868 bits per heavy atom. The zero-order valence-corrected chi connectivity index (χ0v) is 21.7. The van der Waals surface area contributed by atoms with Gasteiger partial charge in [-0.1, -0.05) is 48.5 Å². The van der Waals surface area contributed by atoms with Gasteiger partial charge in [0.15, 0.2) is 4.90 Å². The third-order valence-corrected chi connectivity index (χ3v) is 8.75. The van der Waals surface area contributed by atoms with Crippen LogP contribution in [0.1, 0.15) is 24.8 Å². The van der Waals surface area contributed by atoms with Crippen molar-refractivity contribution in [2.24, 2.45) is 5.92 Å². The number of likely N-dealkylation sites (tertiary alicyclic amines) is 1. The quantitative estimate of drug-likeness (QED) is 0.247. The number of piperidine rings is 1. The summed E-state index contributed by atoms with van der Waals surface area (Å²) >= 11 is 0. The summed E-state index contributed by atoms with van der Waals surface area (Å²) in [6.45, 7) is 2.68. The van der Waals surface area contributed by atoms with Crippen LogP contribution < -0.4 is 4.31 Å². The number of anilines is 1. The van der Waals surface area contributed by atoms with Crippen molar-refractivity contribution in [3.05, 3.63) is 105 Å². The van der Waals surface area contributed by atoms with Crippen LogP contribution >= 0.6 is 0 Å². The number of sulfonamides is 1. The molecular weight excluding hydrogens is 508 g/mol. The van der Waals surface area contributed by atoms with Gasteiger partial charge in [-0.25, -0.2) is 8.42 Å². The fraction of sp³-hybridized carbons (Fsp3) is 0.333. The molecule has 0 radical (unpaired) electrons. The molecule has 200 valence electrons. The van der Waals surface area contributed by atoms with Gasteiger partial charge in [0.1, 0.15) is 0 Å². The molecule has 1 aliphatic heterocycles. The van der Waals surface area contributed by atoms with Gasteiger partial charge < -0.3 is 4.90 Å². The first-order valence-corrected chi connectivity index (χ1v) is 14.0. The van der Waals surface area contributed by atoms with Crippen LogP contribution in [-0.4, -0.2) is 49.3 Å². The van der Waals surface area contributed by atoms with E-state index in [4.69, 9.17) is 0 Å². The summed E-state index contributed by atoms with van der Waals surface area (Å²) in [6, 6.07) is 21.4. The largest absolute Gasteiger partial charge is 0.303 e. The monoisotopic (exact) mass is 538 g/mol. The lowest BCUT2D eigenvalue weighted by Crippen LogP contribution is -2.38. The molecule has 1 aliphatic rings. The molecule has 0 saturated carbocycles. The average Bonchev–Trinajstić information content (AvgIpc) is 2.92. The van der Waals surface area contributed by atoms with E-state index in [9.17, 15) is 28.6 Å². The summed E-state index contributed by atoms with van der Waals surface area (Å²) in [5.41, 5.74) is 0.356. The molecule has 1 fully saturated rings. The predicted molar refractivity (Wildman–Crippen MR) is 145 cm³/mol. The van der Waals surface area contributed by atoms with Crippen molar-refractivity contribution in [3.8, 4) is 0 Å². The van der Waals surface area contributed by atoms with Gasteiger partial charge in [-0.3, -0.25) is 24.5 Å². The lowest BCUT2D eigenvalue weighted by atomic mass is 9.90. The Bertz CT molecular complexity index is 1360. The van der Waals surface area contributed by atoms with Gasteiger partial charge in [-0.15, -0.1) is 0 Å². The van der Waals surface area contributed by atoms with E-state index in [0.29, 0.717) is 30.6 Å². The van der Waals surface area contributed by atoms with Crippen LogP contribution in [0.4, 0.5) is 17.1 Å². The number of nitro benzene ring substituents is 2. The summed E-state index contributed by atoms with van der Waals surface area (Å²) < 4.78 is 28.5. The molecule has 10 nitrogen and oxygen atoms in total. The Morgan fingerprint density at radius 2 is 1.50 bits per heavy atom. The number of hydrogen-bond donors (Lipinski definition) is 0. The lowest BCUT2D eigenvalue weighted by Gasteiger charge is -2.33. The van der Waals surface area contributed by atoms with Crippen LogP contribution in [-0.2, 0) is 16.4 Å². The minimum Gasteiger partial charge on any atom is -0.303 e. The molecule has 0 unspecified atom stereocenters. The van der Waals surface area contributed by atoms with Gasteiger partial charge in [0.05, 0.1) is 21.6 Å². The average molecular weight is 539 g/mol. The molecule has 3 aromatic rings. The molecule has 1 heterocycles. The van der Waals surface area contributed by atoms with Crippen LogP contribution in [0.2, 0.25) is 0 Å². The second-order valence-corrected chi connectivity index (χ2v) is 11.2. The molecule has 1 saturated heterocycles. The smallest absolute Gasteiger partial charge is 0.296 e. The van der Waals surface area contributed by atoms with E-state index >= 15 is 0 Å². The summed E-state index contributed by atoms with van der Waals surface area (Å²) in [6.07, 6.45) is 3.73. The number of hydrogen-bond acceptors (Lipinski definition) is 7. The summed E-state index contributed by atoms with van der Waals surface area (Å²) in [5.74, 6) is 0.623. The number of nitro groups is 2. The molecule has 11 heteroatoms. The first kappa shape index (κ1) is 27.2. The van der Waals surface area contributed by atoms with Crippen molar-refractivity contribution in [1.82, 2.24) is 4.90 Å². The third-order valence-electron chi connectivity index (χ3n) is 6.87. The Labute approximate surface area is 221 Å². The molecule has 0 aromatic heterocycles. The minimum absolute atomic E-state index is 0.116. The van der Waals surface area contributed by atoms with E-state index in [0.717, 1.165) is 48.8 Å². The highest BCUT2D eigenvalue weighted by atomic mass is 32.2. The van der Waals surface area contributed by atoms with Crippen molar-refractivity contribution in [2.45, 2.75) is 30.6 Å². The Kier molecular flexibility index (Phi) is 8.70. The maximum atomic E-state index is 13.7. The number of benzene rings is 3. The topological polar surface area (TPSA) is 127 Å².